The molecule has 3 rings (SSSR count). The monoisotopic (exact) mass is 448 g/mol. The molecule has 4 nitrogen and oxygen atoms in total. The zero-order valence-corrected chi connectivity index (χ0v) is 19.3. The van der Waals surface area contributed by atoms with Crippen LogP contribution < -0.4 is 5.32 Å². The molecule has 0 saturated heterocycles. The van der Waals surface area contributed by atoms with Crippen molar-refractivity contribution in [3.05, 3.63) is 105 Å². The van der Waals surface area contributed by atoms with Crippen molar-refractivity contribution >= 4 is 27.3 Å². The number of rotatable bonds is 7. The van der Waals surface area contributed by atoms with Gasteiger partial charge in [-0.2, -0.15) is 5.26 Å². The summed E-state index contributed by atoms with van der Waals surface area (Å²) in [6.07, 6.45) is 0. The molecule has 0 aliphatic heterocycles. The Bertz CT molecular complexity index is 1240. The third kappa shape index (κ3) is 5.78. The lowest BCUT2D eigenvalue weighted by Crippen LogP contribution is -2.10. The van der Waals surface area contributed by atoms with Crippen LogP contribution in [0.5, 0.6) is 0 Å². The second kappa shape index (κ2) is 9.86. The van der Waals surface area contributed by atoms with Gasteiger partial charge in [0.15, 0.2) is 4.91 Å². The van der Waals surface area contributed by atoms with Crippen LogP contribution in [0.1, 0.15) is 22.3 Å². The first-order chi connectivity index (χ1) is 14.8. The molecule has 0 unspecified atom stereocenters. The lowest BCUT2D eigenvalue weighted by molar-refractivity contribution is 0.603. The number of hydrogen-bond donors (Lipinski definition) is 1. The van der Waals surface area contributed by atoms with E-state index in [0.29, 0.717) is 10.8 Å². The number of nitrogens with zero attached hydrogens (tertiary/aromatic N) is 1. The molecule has 0 aromatic heterocycles. The Kier molecular flexibility index (Phi) is 7.21. The number of nitriles is 1. The predicted octanol–water partition coefficient (Wildman–Crippen LogP) is 6.12. The molecule has 0 fully saturated rings. The summed E-state index contributed by atoms with van der Waals surface area (Å²) in [5, 5.41) is 13.4. The highest BCUT2D eigenvalue weighted by Crippen LogP contribution is 2.32. The highest BCUT2D eigenvalue weighted by molar-refractivity contribution is 8.04. The Morgan fingerprint density at radius 2 is 1.58 bits per heavy atom. The molecule has 3 aromatic rings. The largest absolute Gasteiger partial charge is 0.349 e. The number of sulfone groups is 1. The van der Waals surface area contributed by atoms with Gasteiger partial charge in [-0.1, -0.05) is 54.1 Å². The van der Waals surface area contributed by atoms with E-state index in [0.717, 1.165) is 27.9 Å². The van der Waals surface area contributed by atoms with Crippen LogP contribution in [0, 0.1) is 32.1 Å². The Morgan fingerprint density at radius 3 is 2.19 bits per heavy atom. The van der Waals surface area contributed by atoms with Crippen molar-refractivity contribution in [3.8, 4) is 6.07 Å². The van der Waals surface area contributed by atoms with E-state index in [-0.39, 0.29) is 9.80 Å². The average Bonchev–Trinajstić information content (AvgIpc) is 2.72. The fourth-order valence-corrected chi connectivity index (χ4v) is 5.77. The maximum absolute atomic E-state index is 13.3. The predicted molar refractivity (Wildman–Crippen MR) is 128 cm³/mol. The SMILES string of the molecule is Cc1cccc(CSC(Nc2cc(C)cc(C)c2)=C(C#N)S(=O)(=O)c2ccccc2)c1. The van der Waals surface area contributed by atoms with Crippen LogP contribution in [-0.2, 0) is 15.6 Å². The number of anilines is 1. The summed E-state index contributed by atoms with van der Waals surface area (Å²) in [6, 6.07) is 24.0. The van der Waals surface area contributed by atoms with E-state index in [4.69, 9.17) is 0 Å². The van der Waals surface area contributed by atoms with E-state index in [1.54, 1.807) is 18.2 Å². The van der Waals surface area contributed by atoms with Crippen LogP contribution in [0.3, 0.4) is 0 Å². The minimum absolute atomic E-state index is 0.0995. The third-order valence-corrected chi connectivity index (χ3v) is 7.50. The molecule has 0 spiro atoms. The molecule has 1 N–H and O–H groups in total. The molecular weight excluding hydrogens is 424 g/mol. The molecule has 158 valence electrons. The fourth-order valence-electron chi connectivity index (χ4n) is 3.24. The van der Waals surface area contributed by atoms with Crippen molar-refractivity contribution in [2.45, 2.75) is 31.4 Å². The number of benzene rings is 3. The zero-order valence-electron chi connectivity index (χ0n) is 17.7. The Morgan fingerprint density at radius 1 is 0.903 bits per heavy atom. The van der Waals surface area contributed by atoms with Gasteiger partial charge in [-0.25, -0.2) is 8.42 Å². The van der Waals surface area contributed by atoms with Crippen molar-refractivity contribution in [1.82, 2.24) is 0 Å². The van der Waals surface area contributed by atoms with Gasteiger partial charge >= 0.3 is 0 Å². The Hall–Kier alpha value is -3.01. The Labute approximate surface area is 188 Å². The van der Waals surface area contributed by atoms with Gasteiger partial charge in [0.25, 0.3) is 0 Å². The summed E-state index contributed by atoms with van der Waals surface area (Å²) in [5.41, 5.74) is 5.03. The van der Waals surface area contributed by atoms with Gasteiger partial charge in [0.2, 0.25) is 9.84 Å². The Balaban J connectivity index is 2.06. The molecule has 6 heteroatoms. The molecule has 0 amide bonds. The zero-order chi connectivity index (χ0) is 22.4. The van der Waals surface area contributed by atoms with Crippen LogP contribution in [0.4, 0.5) is 5.69 Å². The molecule has 0 aliphatic carbocycles. The van der Waals surface area contributed by atoms with Crippen molar-refractivity contribution in [1.29, 1.82) is 5.26 Å². The van der Waals surface area contributed by atoms with Gasteiger partial charge < -0.3 is 5.32 Å². The van der Waals surface area contributed by atoms with Gasteiger partial charge in [-0.05, 0) is 61.7 Å². The van der Waals surface area contributed by atoms with Crippen LogP contribution in [-0.4, -0.2) is 8.42 Å². The summed E-state index contributed by atoms with van der Waals surface area (Å²) in [4.78, 5) is -0.182. The first-order valence-electron chi connectivity index (χ1n) is 9.78. The summed E-state index contributed by atoms with van der Waals surface area (Å²) in [6.45, 7) is 5.97. The third-order valence-electron chi connectivity index (χ3n) is 4.58. The number of nitrogens with one attached hydrogen (secondary N) is 1. The van der Waals surface area contributed by atoms with E-state index >= 15 is 0 Å². The first kappa shape index (κ1) is 22.7. The van der Waals surface area contributed by atoms with Gasteiger partial charge in [0.05, 0.1) is 4.90 Å². The molecule has 0 radical (unpaired) electrons. The highest BCUT2D eigenvalue weighted by atomic mass is 32.2. The van der Waals surface area contributed by atoms with Crippen molar-refractivity contribution in [2.75, 3.05) is 5.32 Å². The lowest BCUT2D eigenvalue weighted by Gasteiger charge is -2.15. The fraction of sp³-hybridized carbons (Fsp3) is 0.160. The quantitative estimate of drug-likeness (QED) is 0.441. The molecule has 0 atom stereocenters. The maximum atomic E-state index is 13.3. The van der Waals surface area contributed by atoms with E-state index in [1.807, 2.05) is 63.2 Å². The first-order valence-corrected chi connectivity index (χ1v) is 12.2. The molecular formula is C25H24N2O2S2. The normalized spacial score (nSPS) is 12.1. The van der Waals surface area contributed by atoms with Gasteiger partial charge in [-0.15, -0.1) is 11.8 Å². The average molecular weight is 449 g/mol. The molecule has 0 saturated carbocycles. The maximum Gasteiger partial charge on any atom is 0.219 e. The smallest absolute Gasteiger partial charge is 0.219 e. The van der Waals surface area contributed by atoms with Crippen molar-refractivity contribution < 1.29 is 8.42 Å². The second-order valence-corrected chi connectivity index (χ2v) is 10.2. The van der Waals surface area contributed by atoms with Crippen LogP contribution >= 0.6 is 11.8 Å². The summed E-state index contributed by atoms with van der Waals surface area (Å²) in [5.74, 6) is 0.532. The number of allylic oxidation sites excluding steroid dienone is 1. The molecule has 0 heterocycles. The minimum Gasteiger partial charge on any atom is -0.349 e. The van der Waals surface area contributed by atoms with Crippen molar-refractivity contribution in [2.24, 2.45) is 0 Å². The number of hydrogen-bond acceptors (Lipinski definition) is 5. The summed E-state index contributed by atoms with van der Waals surface area (Å²) < 4.78 is 26.5. The molecule has 0 bridgehead atoms. The summed E-state index contributed by atoms with van der Waals surface area (Å²) >= 11 is 1.31. The molecule has 3 aromatic carbocycles. The van der Waals surface area contributed by atoms with Gasteiger partial charge in [0.1, 0.15) is 11.1 Å². The standard InChI is InChI=1S/C25H24N2O2S2/c1-18-8-7-9-21(13-18)17-30-25(27-22-14-19(2)12-20(3)15-22)24(16-26)31(28,29)23-10-5-4-6-11-23/h4-15,27H,17H2,1-3H3. The van der Waals surface area contributed by atoms with E-state index in [2.05, 4.69) is 11.4 Å². The molecule has 31 heavy (non-hydrogen) atoms. The number of thioether (sulfide) groups is 1. The minimum atomic E-state index is -3.97. The van der Waals surface area contributed by atoms with Gasteiger partial charge in [-0.3, -0.25) is 0 Å². The second-order valence-electron chi connectivity index (χ2n) is 7.37. The van der Waals surface area contributed by atoms with Crippen LogP contribution in [0.15, 0.2) is 87.6 Å². The highest BCUT2D eigenvalue weighted by Gasteiger charge is 2.25. The van der Waals surface area contributed by atoms with E-state index in [1.165, 1.54) is 23.9 Å². The molecule has 0 aliphatic rings. The van der Waals surface area contributed by atoms with Crippen LogP contribution in [0.25, 0.3) is 0 Å². The van der Waals surface area contributed by atoms with E-state index < -0.39 is 9.84 Å². The number of aryl methyl sites for hydroxylation is 3. The van der Waals surface area contributed by atoms with Crippen LogP contribution in [0.2, 0.25) is 0 Å². The topological polar surface area (TPSA) is 70.0 Å². The van der Waals surface area contributed by atoms with Crippen molar-refractivity contribution in [3.63, 3.8) is 0 Å². The lowest BCUT2D eigenvalue weighted by atomic mass is 10.1. The van der Waals surface area contributed by atoms with Gasteiger partial charge in [0, 0.05) is 11.4 Å². The summed E-state index contributed by atoms with van der Waals surface area (Å²) in [7, 11) is -3.97. The van der Waals surface area contributed by atoms with E-state index in [9.17, 15) is 13.7 Å².